The first kappa shape index (κ1) is 14.5. The number of hydrogen-bond acceptors (Lipinski definition) is 3. The van der Waals surface area contributed by atoms with Crippen LogP contribution in [0.25, 0.3) is 0 Å². The summed E-state index contributed by atoms with van der Waals surface area (Å²) in [6.45, 7) is 5.89. The second kappa shape index (κ2) is 6.04. The minimum atomic E-state index is -0.798. The molecule has 3 atom stereocenters. The molecule has 1 saturated heterocycles. The van der Waals surface area contributed by atoms with Crippen LogP contribution in [0.5, 0.6) is 0 Å². The number of benzene rings is 1. The van der Waals surface area contributed by atoms with E-state index in [1.807, 2.05) is 37.3 Å². The summed E-state index contributed by atoms with van der Waals surface area (Å²) in [4.78, 5) is 2.40. The maximum Gasteiger partial charge on any atom is 0.0992 e. The lowest BCUT2D eigenvalue weighted by atomic mass is 9.94. The van der Waals surface area contributed by atoms with Crippen LogP contribution in [0.15, 0.2) is 30.3 Å². The molecule has 0 saturated carbocycles. The molecule has 1 aliphatic heterocycles. The Bertz CT molecular complexity index is 391. The van der Waals surface area contributed by atoms with E-state index in [4.69, 9.17) is 0 Å². The Labute approximate surface area is 116 Å². The van der Waals surface area contributed by atoms with Gasteiger partial charge in [0.2, 0.25) is 0 Å². The number of aliphatic hydroxyl groups is 1. The summed E-state index contributed by atoms with van der Waals surface area (Å²) in [5.41, 5.74) is 0.178. The quantitative estimate of drug-likeness (QED) is 0.871. The molecule has 0 aromatic heterocycles. The Morgan fingerprint density at radius 2 is 2.05 bits per heavy atom. The first-order valence-corrected chi connectivity index (χ1v) is 7.20. The van der Waals surface area contributed by atoms with E-state index in [1.54, 1.807) is 0 Å². The third-order valence-electron chi connectivity index (χ3n) is 4.34. The zero-order valence-electron chi connectivity index (χ0n) is 12.3. The normalized spacial score (nSPS) is 28.0. The highest BCUT2D eigenvalue weighted by molar-refractivity contribution is 5.21. The summed E-state index contributed by atoms with van der Waals surface area (Å²) in [6, 6.07) is 11.0. The summed E-state index contributed by atoms with van der Waals surface area (Å²) < 4.78 is 0. The van der Waals surface area contributed by atoms with Crippen molar-refractivity contribution in [1.29, 1.82) is 0 Å². The van der Waals surface area contributed by atoms with Crippen molar-refractivity contribution in [3.63, 3.8) is 0 Å². The van der Waals surface area contributed by atoms with E-state index in [1.165, 1.54) is 0 Å². The van der Waals surface area contributed by atoms with Crippen LogP contribution in [0, 0.1) is 0 Å². The maximum atomic E-state index is 10.6. The number of nitrogens with one attached hydrogen (secondary N) is 1. The third-order valence-corrected chi connectivity index (χ3v) is 4.34. The van der Waals surface area contributed by atoms with E-state index in [0.717, 1.165) is 24.9 Å². The molecule has 1 aromatic carbocycles. The third kappa shape index (κ3) is 3.78. The summed E-state index contributed by atoms with van der Waals surface area (Å²) in [7, 11) is 2.18. The van der Waals surface area contributed by atoms with Crippen LogP contribution in [0.3, 0.4) is 0 Å². The molecule has 0 aliphatic carbocycles. The predicted octanol–water partition coefficient (Wildman–Crippen LogP) is 1.97. The molecule has 1 aromatic rings. The molecule has 0 spiro atoms. The summed E-state index contributed by atoms with van der Waals surface area (Å²) in [6.07, 6.45) is 2.31. The molecule has 19 heavy (non-hydrogen) atoms. The molecule has 0 radical (unpaired) electrons. The fourth-order valence-corrected chi connectivity index (χ4v) is 2.72. The van der Waals surface area contributed by atoms with E-state index < -0.39 is 5.60 Å². The van der Waals surface area contributed by atoms with Gasteiger partial charge in [0.1, 0.15) is 0 Å². The Balaban J connectivity index is 1.88. The number of hydrogen-bond donors (Lipinski definition) is 2. The summed E-state index contributed by atoms with van der Waals surface area (Å²) in [5, 5.41) is 14.1. The Morgan fingerprint density at radius 3 is 2.68 bits per heavy atom. The van der Waals surface area contributed by atoms with Gasteiger partial charge in [-0.05, 0) is 45.8 Å². The predicted molar refractivity (Wildman–Crippen MR) is 79.1 cm³/mol. The van der Waals surface area contributed by atoms with Gasteiger partial charge < -0.3 is 15.3 Å². The van der Waals surface area contributed by atoms with Gasteiger partial charge in [-0.1, -0.05) is 30.3 Å². The van der Waals surface area contributed by atoms with Crippen molar-refractivity contribution >= 4 is 0 Å². The molecular formula is C16H26N2O. The largest absolute Gasteiger partial charge is 0.384 e. The minimum absolute atomic E-state index is 0.515. The molecule has 2 rings (SSSR count). The average molecular weight is 262 g/mol. The van der Waals surface area contributed by atoms with Crippen molar-refractivity contribution in [3.8, 4) is 0 Å². The molecule has 1 aliphatic rings. The van der Waals surface area contributed by atoms with Crippen molar-refractivity contribution < 1.29 is 5.11 Å². The van der Waals surface area contributed by atoms with Gasteiger partial charge in [0, 0.05) is 18.6 Å². The zero-order valence-corrected chi connectivity index (χ0v) is 12.3. The Morgan fingerprint density at radius 1 is 1.37 bits per heavy atom. The molecule has 3 unspecified atom stereocenters. The topological polar surface area (TPSA) is 35.5 Å². The molecule has 3 nitrogen and oxygen atoms in total. The Hall–Kier alpha value is -0.900. The first-order chi connectivity index (χ1) is 8.99. The molecule has 0 bridgehead atoms. The van der Waals surface area contributed by atoms with Gasteiger partial charge in [-0.25, -0.2) is 0 Å². The van der Waals surface area contributed by atoms with Crippen LogP contribution >= 0.6 is 0 Å². The second-order valence-electron chi connectivity index (χ2n) is 6.07. The van der Waals surface area contributed by atoms with Crippen molar-refractivity contribution in [2.45, 2.75) is 44.4 Å². The maximum absolute atomic E-state index is 10.6. The molecule has 1 heterocycles. The lowest BCUT2D eigenvalue weighted by Gasteiger charge is -2.37. The van der Waals surface area contributed by atoms with Gasteiger partial charge in [0.05, 0.1) is 5.60 Å². The van der Waals surface area contributed by atoms with Crippen LogP contribution in [0.1, 0.15) is 32.3 Å². The van der Waals surface area contributed by atoms with Crippen LogP contribution in [-0.2, 0) is 5.60 Å². The highest BCUT2D eigenvalue weighted by Gasteiger charge is 2.27. The standard InChI is InChI=1S/C16H26N2O/c1-13-11-15(9-10-18(13)3)17-12-16(2,19)14-7-5-4-6-8-14/h4-8,13,15,17,19H,9-12H2,1-3H3. The summed E-state index contributed by atoms with van der Waals surface area (Å²) in [5.74, 6) is 0. The van der Waals surface area contributed by atoms with E-state index >= 15 is 0 Å². The fourth-order valence-electron chi connectivity index (χ4n) is 2.72. The lowest BCUT2D eigenvalue weighted by Crippen LogP contribution is -2.48. The molecule has 106 valence electrons. The van der Waals surface area contributed by atoms with Crippen LogP contribution in [0.2, 0.25) is 0 Å². The minimum Gasteiger partial charge on any atom is -0.384 e. The van der Waals surface area contributed by atoms with E-state index in [9.17, 15) is 5.11 Å². The molecule has 1 fully saturated rings. The number of piperidine rings is 1. The zero-order chi connectivity index (χ0) is 13.9. The van der Waals surface area contributed by atoms with Crippen molar-refractivity contribution in [2.24, 2.45) is 0 Å². The smallest absolute Gasteiger partial charge is 0.0992 e. The van der Waals surface area contributed by atoms with Gasteiger partial charge in [0.25, 0.3) is 0 Å². The Kier molecular flexibility index (Phi) is 4.61. The second-order valence-corrected chi connectivity index (χ2v) is 6.07. The average Bonchev–Trinajstić information content (AvgIpc) is 2.41. The molecule has 3 heteroatoms. The van der Waals surface area contributed by atoms with Crippen molar-refractivity contribution in [3.05, 3.63) is 35.9 Å². The SMILES string of the molecule is CC1CC(NCC(C)(O)c2ccccc2)CCN1C. The number of likely N-dealkylation sites (tertiary alicyclic amines) is 1. The van der Waals surface area contributed by atoms with Crippen molar-refractivity contribution in [1.82, 2.24) is 10.2 Å². The van der Waals surface area contributed by atoms with E-state index in [-0.39, 0.29) is 0 Å². The van der Waals surface area contributed by atoms with Gasteiger partial charge in [-0.15, -0.1) is 0 Å². The van der Waals surface area contributed by atoms with Crippen LogP contribution < -0.4 is 5.32 Å². The molecular weight excluding hydrogens is 236 g/mol. The highest BCUT2D eigenvalue weighted by atomic mass is 16.3. The van der Waals surface area contributed by atoms with Gasteiger partial charge in [0.15, 0.2) is 0 Å². The first-order valence-electron chi connectivity index (χ1n) is 7.20. The molecule has 0 amide bonds. The van der Waals surface area contributed by atoms with E-state index in [2.05, 4.69) is 24.2 Å². The highest BCUT2D eigenvalue weighted by Crippen LogP contribution is 2.21. The van der Waals surface area contributed by atoms with E-state index in [0.29, 0.717) is 18.6 Å². The molecule has 2 N–H and O–H groups in total. The number of nitrogens with zero attached hydrogens (tertiary/aromatic N) is 1. The monoisotopic (exact) mass is 262 g/mol. The summed E-state index contributed by atoms with van der Waals surface area (Å²) >= 11 is 0. The lowest BCUT2D eigenvalue weighted by molar-refractivity contribution is 0.0484. The van der Waals surface area contributed by atoms with Gasteiger partial charge in [-0.2, -0.15) is 0 Å². The van der Waals surface area contributed by atoms with Gasteiger partial charge in [-0.3, -0.25) is 0 Å². The van der Waals surface area contributed by atoms with Crippen LogP contribution in [-0.4, -0.2) is 42.2 Å². The van der Waals surface area contributed by atoms with Crippen LogP contribution in [0.4, 0.5) is 0 Å². The fraction of sp³-hybridized carbons (Fsp3) is 0.625. The van der Waals surface area contributed by atoms with Gasteiger partial charge >= 0.3 is 0 Å². The number of rotatable bonds is 4. The van der Waals surface area contributed by atoms with Crippen molar-refractivity contribution in [2.75, 3.05) is 20.1 Å².